The SMILES string of the molecule is Cc1cc(F)cc(NC(C(N)=O)c2ccc(Br)cc2Cl)c1. The highest BCUT2D eigenvalue weighted by atomic mass is 79.9. The second kappa shape index (κ2) is 6.45. The number of hydrogen-bond donors (Lipinski definition) is 2. The molecular weight excluding hydrogens is 359 g/mol. The monoisotopic (exact) mass is 370 g/mol. The number of anilines is 1. The second-order valence-electron chi connectivity index (χ2n) is 4.66. The summed E-state index contributed by atoms with van der Waals surface area (Å²) in [4.78, 5) is 11.7. The van der Waals surface area contributed by atoms with Crippen LogP contribution in [0.1, 0.15) is 17.2 Å². The van der Waals surface area contributed by atoms with E-state index in [0.29, 0.717) is 16.3 Å². The molecule has 0 spiro atoms. The van der Waals surface area contributed by atoms with Crippen LogP contribution in [0.15, 0.2) is 40.9 Å². The standard InChI is InChI=1S/C15H13BrClFN2O/c1-8-4-10(18)7-11(5-8)20-14(15(19)21)12-3-2-9(16)6-13(12)17/h2-7,14,20H,1H3,(H2,19,21). The van der Waals surface area contributed by atoms with Gasteiger partial charge >= 0.3 is 0 Å². The molecule has 1 unspecified atom stereocenters. The lowest BCUT2D eigenvalue weighted by molar-refractivity contribution is -0.118. The summed E-state index contributed by atoms with van der Waals surface area (Å²) in [6.45, 7) is 1.76. The molecule has 21 heavy (non-hydrogen) atoms. The Balaban J connectivity index is 2.37. The molecule has 110 valence electrons. The molecule has 0 aromatic heterocycles. The minimum absolute atomic E-state index is 0.386. The zero-order valence-electron chi connectivity index (χ0n) is 11.2. The molecule has 6 heteroatoms. The van der Waals surface area contributed by atoms with Crippen molar-refractivity contribution in [3.05, 3.63) is 62.8 Å². The van der Waals surface area contributed by atoms with Gasteiger partial charge in [0.15, 0.2) is 0 Å². The van der Waals surface area contributed by atoms with Gasteiger partial charge < -0.3 is 11.1 Å². The summed E-state index contributed by atoms with van der Waals surface area (Å²) in [5.74, 6) is -0.983. The Morgan fingerprint density at radius 2 is 2.05 bits per heavy atom. The molecule has 0 heterocycles. The van der Waals surface area contributed by atoms with Crippen molar-refractivity contribution in [1.82, 2.24) is 0 Å². The van der Waals surface area contributed by atoms with E-state index in [1.165, 1.54) is 12.1 Å². The van der Waals surface area contributed by atoms with Crippen LogP contribution in [0.3, 0.4) is 0 Å². The van der Waals surface area contributed by atoms with Gasteiger partial charge in [0.2, 0.25) is 5.91 Å². The van der Waals surface area contributed by atoms with Gasteiger partial charge in [-0.05, 0) is 42.8 Å². The van der Waals surface area contributed by atoms with Crippen molar-refractivity contribution in [2.75, 3.05) is 5.32 Å². The zero-order valence-corrected chi connectivity index (χ0v) is 13.5. The third kappa shape index (κ3) is 3.95. The van der Waals surface area contributed by atoms with Crippen LogP contribution in [-0.4, -0.2) is 5.91 Å². The highest BCUT2D eigenvalue weighted by molar-refractivity contribution is 9.10. The Morgan fingerprint density at radius 3 is 2.62 bits per heavy atom. The van der Waals surface area contributed by atoms with Gasteiger partial charge in [0.25, 0.3) is 0 Å². The number of aryl methyl sites for hydroxylation is 1. The summed E-state index contributed by atoms with van der Waals surface area (Å²) < 4.78 is 14.2. The molecule has 0 radical (unpaired) electrons. The average molecular weight is 372 g/mol. The van der Waals surface area contributed by atoms with Gasteiger partial charge in [-0.2, -0.15) is 0 Å². The number of primary amides is 1. The van der Waals surface area contributed by atoms with Crippen LogP contribution in [0.4, 0.5) is 10.1 Å². The minimum Gasteiger partial charge on any atom is -0.370 e. The van der Waals surface area contributed by atoms with Gasteiger partial charge in [-0.15, -0.1) is 0 Å². The van der Waals surface area contributed by atoms with Gasteiger partial charge in [-0.25, -0.2) is 4.39 Å². The van der Waals surface area contributed by atoms with Crippen molar-refractivity contribution in [3.63, 3.8) is 0 Å². The topological polar surface area (TPSA) is 55.1 Å². The first-order chi connectivity index (χ1) is 9.86. The lowest BCUT2D eigenvalue weighted by Gasteiger charge is -2.19. The van der Waals surface area contributed by atoms with Crippen LogP contribution in [0, 0.1) is 12.7 Å². The first-order valence-electron chi connectivity index (χ1n) is 6.15. The lowest BCUT2D eigenvalue weighted by Crippen LogP contribution is -2.28. The molecule has 0 fully saturated rings. The maximum absolute atomic E-state index is 13.4. The predicted molar refractivity (Wildman–Crippen MR) is 85.8 cm³/mol. The maximum atomic E-state index is 13.4. The van der Waals surface area contributed by atoms with Crippen LogP contribution < -0.4 is 11.1 Å². The number of nitrogens with one attached hydrogen (secondary N) is 1. The Bertz CT molecular complexity index is 673. The molecule has 0 aliphatic carbocycles. The van der Waals surface area contributed by atoms with E-state index < -0.39 is 11.9 Å². The summed E-state index contributed by atoms with van der Waals surface area (Å²) in [5, 5.41) is 3.32. The third-order valence-corrected chi connectivity index (χ3v) is 3.73. The zero-order chi connectivity index (χ0) is 15.6. The maximum Gasteiger partial charge on any atom is 0.244 e. The summed E-state index contributed by atoms with van der Waals surface area (Å²) in [6.07, 6.45) is 0. The Labute approximate surface area is 135 Å². The fourth-order valence-electron chi connectivity index (χ4n) is 2.02. The van der Waals surface area contributed by atoms with E-state index in [2.05, 4.69) is 21.2 Å². The Morgan fingerprint density at radius 1 is 1.33 bits per heavy atom. The number of carbonyl (C=O) groups excluding carboxylic acids is 1. The quantitative estimate of drug-likeness (QED) is 0.847. The molecule has 0 bridgehead atoms. The number of amides is 1. The van der Waals surface area contributed by atoms with Crippen molar-refractivity contribution < 1.29 is 9.18 Å². The lowest BCUT2D eigenvalue weighted by atomic mass is 10.1. The van der Waals surface area contributed by atoms with E-state index in [9.17, 15) is 9.18 Å². The molecular formula is C15H13BrClFN2O. The molecule has 3 N–H and O–H groups in total. The van der Waals surface area contributed by atoms with E-state index >= 15 is 0 Å². The first kappa shape index (κ1) is 15.8. The fourth-order valence-corrected chi connectivity index (χ4v) is 2.81. The first-order valence-corrected chi connectivity index (χ1v) is 7.32. The van der Waals surface area contributed by atoms with Crippen molar-refractivity contribution in [2.24, 2.45) is 5.73 Å². The smallest absolute Gasteiger partial charge is 0.244 e. The predicted octanol–water partition coefficient (Wildman–Crippen LogP) is 4.19. The van der Waals surface area contributed by atoms with Crippen LogP contribution >= 0.6 is 27.5 Å². The average Bonchev–Trinajstić information content (AvgIpc) is 2.35. The summed E-state index contributed by atoms with van der Waals surface area (Å²) in [5.41, 5.74) is 7.18. The third-order valence-electron chi connectivity index (χ3n) is 2.91. The van der Waals surface area contributed by atoms with Gasteiger partial charge in [0.05, 0.1) is 0 Å². The van der Waals surface area contributed by atoms with Crippen molar-refractivity contribution in [3.8, 4) is 0 Å². The van der Waals surface area contributed by atoms with Gasteiger partial charge in [0, 0.05) is 20.7 Å². The highest BCUT2D eigenvalue weighted by Gasteiger charge is 2.20. The van der Waals surface area contributed by atoms with Crippen LogP contribution in [-0.2, 0) is 4.79 Å². The van der Waals surface area contributed by atoms with Crippen LogP contribution in [0.2, 0.25) is 5.02 Å². The summed E-state index contributed by atoms with van der Waals surface area (Å²) >= 11 is 9.44. The number of benzene rings is 2. The second-order valence-corrected chi connectivity index (χ2v) is 5.99. The highest BCUT2D eigenvalue weighted by Crippen LogP contribution is 2.29. The molecule has 0 saturated carbocycles. The molecule has 2 aromatic carbocycles. The van der Waals surface area contributed by atoms with Gasteiger partial charge in [-0.3, -0.25) is 4.79 Å². The van der Waals surface area contributed by atoms with Gasteiger partial charge in [-0.1, -0.05) is 33.6 Å². The van der Waals surface area contributed by atoms with E-state index in [-0.39, 0.29) is 5.82 Å². The van der Waals surface area contributed by atoms with E-state index in [1.54, 1.807) is 31.2 Å². The molecule has 0 saturated heterocycles. The molecule has 2 aromatic rings. The molecule has 1 amide bonds. The molecule has 3 nitrogen and oxygen atoms in total. The molecule has 0 aliphatic rings. The van der Waals surface area contributed by atoms with E-state index in [1.807, 2.05) is 0 Å². The van der Waals surface area contributed by atoms with E-state index in [0.717, 1.165) is 10.0 Å². The van der Waals surface area contributed by atoms with Crippen LogP contribution in [0.25, 0.3) is 0 Å². The van der Waals surface area contributed by atoms with Crippen LogP contribution in [0.5, 0.6) is 0 Å². The minimum atomic E-state index is -0.841. The van der Waals surface area contributed by atoms with Crippen molar-refractivity contribution >= 4 is 39.1 Å². The number of nitrogens with two attached hydrogens (primary N) is 1. The number of rotatable bonds is 4. The molecule has 2 rings (SSSR count). The van der Waals surface area contributed by atoms with E-state index in [4.69, 9.17) is 17.3 Å². The van der Waals surface area contributed by atoms with Gasteiger partial charge in [0.1, 0.15) is 11.9 Å². The fraction of sp³-hybridized carbons (Fsp3) is 0.133. The normalized spacial score (nSPS) is 12.0. The summed E-state index contributed by atoms with van der Waals surface area (Å²) in [7, 11) is 0. The number of hydrogen-bond acceptors (Lipinski definition) is 2. The number of halogens is 3. The van der Waals surface area contributed by atoms with Crippen molar-refractivity contribution in [1.29, 1.82) is 0 Å². The Hall–Kier alpha value is -1.59. The molecule has 1 atom stereocenters. The summed E-state index contributed by atoms with van der Waals surface area (Å²) in [6, 6.07) is 8.72. The largest absolute Gasteiger partial charge is 0.370 e. The Kier molecular flexibility index (Phi) is 4.85. The number of carbonyl (C=O) groups is 1. The van der Waals surface area contributed by atoms with Crippen molar-refractivity contribution in [2.45, 2.75) is 13.0 Å². The molecule has 0 aliphatic heterocycles.